The van der Waals surface area contributed by atoms with E-state index in [1.165, 1.54) is 4.90 Å². The van der Waals surface area contributed by atoms with Crippen molar-refractivity contribution in [2.75, 3.05) is 33.8 Å². The topological polar surface area (TPSA) is 87.9 Å². The molecule has 0 atom stereocenters. The highest BCUT2D eigenvalue weighted by atomic mass is 16.5. The Morgan fingerprint density at radius 3 is 2.58 bits per heavy atom. The van der Waals surface area contributed by atoms with Gasteiger partial charge in [0, 0.05) is 44.3 Å². The number of nitrogens with zero attached hydrogens (tertiary/aromatic N) is 4. The molecule has 0 radical (unpaired) electrons. The molecule has 0 aliphatic carbocycles. The fraction of sp³-hybridized carbons (Fsp3) is 0.348. The largest absolute Gasteiger partial charge is 0.492 e. The van der Waals surface area contributed by atoms with Gasteiger partial charge in [-0.25, -0.2) is 9.78 Å². The number of rotatable bonds is 5. The smallest absolute Gasteiger partial charge is 0.407 e. The molecule has 2 aromatic heterocycles. The van der Waals surface area contributed by atoms with Crippen molar-refractivity contribution in [2.24, 2.45) is 5.92 Å². The number of pyridine rings is 1. The summed E-state index contributed by atoms with van der Waals surface area (Å²) in [4.78, 5) is 30.7. The van der Waals surface area contributed by atoms with E-state index in [1.807, 2.05) is 47.2 Å². The van der Waals surface area contributed by atoms with E-state index in [0.29, 0.717) is 36.9 Å². The van der Waals surface area contributed by atoms with Crippen LogP contribution in [0.2, 0.25) is 0 Å². The van der Waals surface area contributed by atoms with Crippen molar-refractivity contribution in [1.82, 2.24) is 19.4 Å². The van der Waals surface area contributed by atoms with Crippen LogP contribution in [0, 0.1) is 5.92 Å². The van der Waals surface area contributed by atoms with Gasteiger partial charge in [-0.2, -0.15) is 0 Å². The highest BCUT2D eigenvalue weighted by Crippen LogP contribution is 2.23. The molecule has 4 rings (SSSR count). The molecule has 3 heterocycles. The van der Waals surface area contributed by atoms with Crippen LogP contribution in [0.3, 0.4) is 0 Å². The van der Waals surface area contributed by atoms with Crippen LogP contribution >= 0.6 is 0 Å². The van der Waals surface area contributed by atoms with Crippen LogP contribution in [-0.2, 0) is 0 Å². The highest BCUT2D eigenvalue weighted by Gasteiger charge is 2.22. The molecule has 3 aromatic rings. The molecule has 1 fully saturated rings. The van der Waals surface area contributed by atoms with Crippen molar-refractivity contribution < 1.29 is 19.4 Å². The number of hydrogen-bond donors (Lipinski definition) is 1. The van der Waals surface area contributed by atoms with Crippen molar-refractivity contribution in [2.45, 2.75) is 12.8 Å². The third-order valence-electron chi connectivity index (χ3n) is 5.68. The SMILES string of the molecule is CN(C)C(=O)c1ccc2c(ccn2-c2ccc(OCC3CCN(C(=O)O)CC3)cn2)c1. The second-order valence-corrected chi connectivity index (χ2v) is 8.04. The van der Waals surface area contributed by atoms with E-state index < -0.39 is 6.09 Å². The monoisotopic (exact) mass is 422 g/mol. The zero-order valence-corrected chi connectivity index (χ0v) is 17.7. The van der Waals surface area contributed by atoms with Crippen molar-refractivity contribution in [3.05, 3.63) is 54.4 Å². The Hall–Kier alpha value is -3.55. The van der Waals surface area contributed by atoms with Gasteiger partial charge in [0.15, 0.2) is 0 Å². The zero-order valence-electron chi connectivity index (χ0n) is 17.7. The van der Waals surface area contributed by atoms with Crippen LogP contribution < -0.4 is 4.74 Å². The van der Waals surface area contributed by atoms with Crippen molar-refractivity contribution in [1.29, 1.82) is 0 Å². The second kappa shape index (κ2) is 8.67. The van der Waals surface area contributed by atoms with Gasteiger partial charge in [0.25, 0.3) is 5.91 Å². The van der Waals surface area contributed by atoms with E-state index in [9.17, 15) is 9.59 Å². The van der Waals surface area contributed by atoms with Crippen LogP contribution in [0.4, 0.5) is 4.79 Å². The Balaban J connectivity index is 1.41. The summed E-state index contributed by atoms with van der Waals surface area (Å²) < 4.78 is 7.86. The minimum atomic E-state index is -0.850. The van der Waals surface area contributed by atoms with Crippen LogP contribution in [-0.4, -0.2) is 70.2 Å². The van der Waals surface area contributed by atoms with E-state index in [0.717, 1.165) is 29.6 Å². The molecular weight excluding hydrogens is 396 g/mol. The summed E-state index contributed by atoms with van der Waals surface area (Å²) in [5.74, 6) is 1.79. The van der Waals surface area contributed by atoms with Crippen LogP contribution in [0.25, 0.3) is 16.7 Å². The van der Waals surface area contributed by atoms with Gasteiger partial charge in [-0.3, -0.25) is 4.79 Å². The van der Waals surface area contributed by atoms with E-state index in [2.05, 4.69) is 4.98 Å². The molecule has 0 spiro atoms. The summed E-state index contributed by atoms with van der Waals surface area (Å²) >= 11 is 0. The average molecular weight is 422 g/mol. The van der Waals surface area contributed by atoms with Gasteiger partial charge in [-0.15, -0.1) is 0 Å². The van der Waals surface area contributed by atoms with E-state index in [-0.39, 0.29) is 5.91 Å². The maximum Gasteiger partial charge on any atom is 0.407 e. The maximum atomic E-state index is 12.2. The Kier molecular flexibility index (Phi) is 5.79. The first-order valence-corrected chi connectivity index (χ1v) is 10.3. The maximum absolute atomic E-state index is 12.2. The number of carbonyl (C=O) groups is 2. The first-order valence-electron chi connectivity index (χ1n) is 10.3. The third-order valence-corrected chi connectivity index (χ3v) is 5.68. The summed E-state index contributed by atoms with van der Waals surface area (Å²) in [5, 5.41) is 10.0. The van der Waals surface area contributed by atoms with Gasteiger partial charge in [0.2, 0.25) is 0 Å². The lowest BCUT2D eigenvalue weighted by Gasteiger charge is -2.29. The van der Waals surface area contributed by atoms with Gasteiger partial charge in [-0.1, -0.05) is 0 Å². The van der Waals surface area contributed by atoms with Gasteiger partial charge in [0.05, 0.1) is 18.3 Å². The number of carbonyl (C=O) groups excluding carboxylic acids is 1. The lowest BCUT2D eigenvalue weighted by molar-refractivity contribution is 0.0827. The van der Waals surface area contributed by atoms with Crippen molar-refractivity contribution >= 4 is 22.9 Å². The lowest BCUT2D eigenvalue weighted by atomic mass is 9.98. The molecule has 1 aromatic carbocycles. The Morgan fingerprint density at radius 1 is 1.16 bits per heavy atom. The lowest BCUT2D eigenvalue weighted by Crippen LogP contribution is -2.38. The van der Waals surface area contributed by atoms with Gasteiger partial charge < -0.3 is 24.2 Å². The Morgan fingerprint density at radius 2 is 1.94 bits per heavy atom. The predicted octanol–water partition coefficient (Wildman–Crippen LogP) is 3.50. The summed E-state index contributed by atoms with van der Waals surface area (Å²) in [5.41, 5.74) is 1.63. The van der Waals surface area contributed by atoms with Gasteiger partial charge in [0.1, 0.15) is 11.6 Å². The molecule has 8 nitrogen and oxygen atoms in total. The highest BCUT2D eigenvalue weighted by molar-refractivity contribution is 5.98. The first-order chi connectivity index (χ1) is 14.9. The molecule has 1 saturated heterocycles. The van der Waals surface area contributed by atoms with Gasteiger partial charge in [-0.05, 0) is 55.2 Å². The van der Waals surface area contributed by atoms with Crippen molar-refractivity contribution in [3.63, 3.8) is 0 Å². The number of hydrogen-bond acceptors (Lipinski definition) is 4. The molecule has 2 amide bonds. The van der Waals surface area contributed by atoms with E-state index in [4.69, 9.17) is 9.84 Å². The molecule has 0 unspecified atom stereocenters. The van der Waals surface area contributed by atoms with E-state index in [1.54, 1.807) is 25.2 Å². The predicted molar refractivity (Wildman–Crippen MR) is 117 cm³/mol. The Bertz CT molecular complexity index is 1080. The molecule has 162 valence electrons. The number of benzene rings is 1. The second-order valence-electron chi connectivity index (χ2n) is 8.04. The van der Waals surface area contributed by atoms with E-state index >= 15 is 0 Å². The number of piperidine rings is 1. The molecule has 8 heteroatoms. The molecule has 0 bridgehead atoms. The number of ether oxygens (including phenoxy) is 1. The normalized spacial score (nSPS) is 14.6. The molecule has 1 aliphatic heterocycles. The fourth-order valence-corrected chi connectivity index (χ4v) is 3.84. The third kappa shape index (κ3) is 4.47. The Labute approximate surface area is 180 Å². The van der Waals surface area contributed by atoms with Crippen molar-refractivity contribution in [3.8, 4) is 11.6 Å². The van der Waals surface area contributed by atoms with Gasteiger partial charge >= 0.3 is 6.09 Å². The summed E-state index contributed by atoms with van der Waals surface area (Å²) in [6.45, 7) is 1.68. The number of fused-ring (bicyclic) bond motifs is 1. The van der Waals surface area contributed by atoms with Crippen LogP contribution in [0.5, 0.6) is 5.75 Å². The molecule has 0 saturated carbocycles. The summed E-state index contributed by atoms with van der Waals surface area (Å²) in [6.07, 6.45) is 4.42. The molecule has 31 heavy (non-hydrogen) atoms. The molecule has 1 aliphatic rings. The summed E-state index contributed by atoms with van der Waals surface area (Å²) in [7, 11) is 3.48. The average Bonchev–Trinajstić information content (AvgIpc) is 3.21. The quantitative estimate of drug-likeness (QED) is 0.680. The molecule has 1 N–H and O–H groups in total. The minimum absolute atomic E-state index is 0.0251. The molecular formula is C23H26N4O4. The fourth-order valence-electron chi connectivity index (χ4n) is 3.84. The number of aromatic nitrogens is 2. The number of likely N-dealkylation sites (tertiary alicyclic amines) is 1. The zero-order chi connectivity index (χ0) is 22.0. The van der Waals surface area contributed by atoms with Crippen LogP contribution in [0.1, 0.15) is 23.2 Å². The first kappa shape index (κ1) is 20.7. The number of carboxylic acid groups (broad SMARTS) is 1. The summed E-state index contributed by atoms with van der Waals surface area (Å²) in [6, 6.07) is 11.4. The number of amides is 2. The van der Waals surface area contributed by atoms with Crippen LogP contribution in [0.15, 0.2) is 48.8 Å². The minimum Gasteiger partial charge on any atom is -0.492 e. The standard InChI is InChI=1S/C23H26N4O4/c1-25(2)22(28)18-3-5-20-17(13-18)9-12-27(20)21-6-4-19(14-24-21)31-15-16-7-10-26(11-8-16)23(29)30/h3-6,9,12-14,16H,7-8,10-11,15H2,1-2H3,(H,29,30).